The molecule has 1 unspecified atom stereocenters. The molecule has 0 aliphatic heterocycles. The summed E-state index contributed by atoms with van der Waals surface area (Å²) in [5.41, 5.74) is 5.96. The van der Waals surface area contributed by atoms with Crippen molar-refractivity contribution in [1.82, 2.24) is 15.2 Å². The first kappa shape index (κ1) is 15.8. The van der Waals surface area contributed by atoms with Gasteiger partial charge in [-0.25, -0.2) is 0 Å². The Labute approximate surface area is 130 Å². The summed E-state index contributed by atoms with van der Waals surface area (Å²) >= 11 is 6.09. The van der Waals surface area contributed by atoms with Gasteiger partial charge in [0, 0.05) is 29.7 Å². The third kappa shape index (κ3) is 3.56. The van der Waals surface area contributed by atoms with Gasteiger partial charge < -0.3 is 4.74 Å². The van der Waals surface area contributed by atoms with Gasteiger partial charge >= 0.3 is 0 Å². The van der Waals surface area contributed by atoms with Crippen molar-refractivity contribution in [2.45, 2.75) is 25.8 Å². The fourth-order valence-corrected chi connectivity index (χ4v) is 2.56. The first-order chi connectivity index (χ1) is 10.1. The van der Waals surface area contributed by atoms with Crippen LogP contribution in [0.4, 0.5) is 0 Å². The van der Waals surface area contributed by atoms with E-state index in [0.29, 0.717) is 11.4 Å². The van der Waals surface area contributed by atoms with Crippen molar-refractivity contribution in [2.75, 3.05) is 7.11 Å². The van der Waals surface area contributed by atoms with Crippen molar-refractivity contribution in [1.29, 1.82) is 0 Å². The van der Waals surface area contributed by atoms with Crippen molar-refractivity contribution >= 4 is 11.6 Å². The summed E-state index contributed by atoms with van der Waals surface area (Å²) in [6.07, 6.45) is 1.62. The average Bonchev–Trinajstić information content (AvgIpc) is 2.85. The van der Waals surface area contributed by atoms with Crippen LogP contribution in [-0.4, -0.2) is 16.9 Å². The summed E-state index contributed by atoms with van der Waals surface area (Å²) in [6.45, 7) is 2.09. The van der Waals surface area contributed by atoms with Gasteiger partial charge in [-0.1, -0.05) is 18.5 Å². The third-order valence-corrected chi connectivity index (χ3v) is 3.81. The Hall–Kier alpha value is -1.56. The topological polar surface area (TPSA) is 65.1 Å². The number of methoxy groups -OCH3 is 1. The molecular formula is C15H21ClN4O. The van der Waals surface area contributed by atoms with Crippen molar-refractivity contribution in [2.24, 2.45) is 12.9 Å². The molecule has 0 radical (unpaired) electrons. The van der Waals surface area contributed by atoms with Crippen LogP contribution in [0.25, 0.3) is 0 Å². The number of nitrogens with one attached hydrogen (secondary N) is 1. The van der Waals surface area contributed by atoms with E-state index in [-0.39, 0.29) is 6.04 Å². The van der Waals surface area contributed by atoms with Crippen molar-refractivity contribution in [3.8, 4) is 5.75 Å². The molecule has 0 aliphatic rings. The maximum atomic E-state index is 6.09. The summed E-state index contributed by atoms with van der Waals surface area (Å²) in [7, 11) is 3.58. The summed E-state index contributed by atoms with van der Waals surface area (Å²) in [5.74, 6) is 6.50. The van der Waals surface area contributed by atoms with Crippen LogP contribution in [0.3, 0.4) is 0 Å². The van der Waals surface area contributed by atoms with Crippen LogP contribution >= 0.6 is 11.6 Å². The Kier molecular flexibility index (Phi) is 5.22. The SMILES string of the molecule is CCc1cc(CC(NN)c2cc(Cl)ccc2OC)n(C)n1. The van der Waals surface area contributed by atoms with E-state index in [1.165, 1.54) is 0 Å². The molecule has 21 heavy (non-hydrogen) atoms. The number of aryl methyl sites for hydroxylation is 2. The van der Waals surface area contributed by atoms with Gasteiger partial charge in [0.05, 0.1) is 18.8 Å². The fraction of sp³-hybridized carbons (Fsp3) is 0.400. The molecule has 1 aromatic carbocycles. The van der Waals surface area contributed by atoms with E-state index in [0.717, 1.165) is 29.1 Å². The summed E-state index contributed by atoms with van der Waals surface area (Å²) < 4.78 is 7.29. The highest BCUT2D eigenvalue weighted by Crippen LogP contribution is 2.30. The lowest BCUT2D eigenvalue weighted by molar-refractivity contribution is 0.398. The van der Waals surface area contributed by atoms with Gasteiger partial charge in [0.25, 0.3) is 0 Å². The van der Waals surface area contributed by atoms with E-state index in [1.54, 1.807) is 13.2 Å². The standard InChI is InChI=1S/C15H21ClN4O/c1-4-11-8-12(20(2)19-11)9-14(18-17)13-7-10(16)5-6-15(13)21-3/h5-8,14,18H,4,9,17H2,1-3H3. The van der Waals surface area contributed by atoms with Crippen LogP contribution in [0.15, 0.2) is 24.3 Å². The molecule has 0 fully saturated rings. The number of hydrazine groups is 1. The number of benzene rings is 1. The lowest BCUT2D eigenvalue weighted by Gasteiger charge is -2.19. The van der Waals surface area contributed by atoms with E-state index in [1.807, 2.05) is 23.9 Å². The molecule has 0 aliphatic carbocycles. The maximum absolute atomic E-state index is 6.09. The highest BCUT2D eigenvalue weighted by atomic mass is 35.5. The van der Waals surface area contributed by atoms with Gasteiger partial charge in [-0.15, -0.1) is 0 Å². The van der Waals surface area contributed by atoms with Crippen molar-refractivity contribution in [3.63, 3.8) is 0 Å². The summed E-state index contributed by atoms with van der Waals surface area (Å²) in [6, 6.07) is 7.53. The number of rotatable bonds is 6. The number of nitrogens with zero attached hydrogens (tertiary/aromatic N) is 2. The molecule has 0 saturated carbocycles. The molecule has 0 bridgehead atoms. The molecule has 0 saturated heterocycles. The molecule has 0 amide bonds. The number of ether oxygens (including phenoxy) is 1. The van der Waals surface area contributed by atoms with E-state index in [4.69, 9.17) is 22.2 Å². The van der Waals surface area contributed by atoms with E-state index in [9.17, 15) is 0 Å². The van der Waals surface area contributed by atoms with Crippen LogP contribution in [0.1, 0.15) is 29.9 Å². The second-order valence-corrected chi connectivity index (χ2v) is 5.35. The monoisotopic (exact) mass is 308 g/mol. The highest BCUT2D eigenvalue weighted by Gasteiger charge is 2.18. The van der Waals surface area contributed by atoms with Gasteiger partial charge in [-0.3, -0.25) is 16.0 Å². The third-order valence-electron chi connectivity index (χ3n) is 3.57. The predicted molar refractivity (Wildman–Crippen MR) is 84.4 cm³/mol. The number of hydrogen-bond donors (Lipinski definition) is 2. The maximum Gasteiger partial charge on any atom is 0.123 e. The Morgan fingerprint density at radius 2 is 2.19 bits per heavy atom. The molecule has 1 atom stereocenters. The van der Waals surface area contributed by atoms with Gasteiger partial charge in [0.2, 0.25) is 0 Å². The Balaban J connectivity index is 2.31. The number of hydrogen-bond acceptors (Lipinski definition) is 4. The van der Waals surface area contributed by atoms with Crippen LogP contribution < -0.4 is 16.0 Å². The molecule has 5 nitrogen and oxygen atoms in total. The highest BCUT2D eigenvalue weighted by molar-refractivity contribution is 6.30. The zero-order chi connectivity index (χ0) is 15.4. The lowest BCUT2D eigenvalue weighted by atomic mass is 10.0. The predicted octanol–water partition coefficient (Wildman–Crippen LogP) is 2.39. The number of halogens is 1. The largest absolute Gasteiger partial charge is 0.496 e. The van der Waals surface area contributed by atoms with Gasteiger partial charge in [0.1, 0.15) is 5.75 Å². The first-order valence-corrected chi connectivity index (χ1v) is 7.28. The van der Waals surface area contributed by atoms with Crippen molar-refractivity contribution in [3.05, 3.63) is 46.2 Å². The summed E-state index contributed by atoms with van der Waals surface area (Å²) in [4.78, 5) is 0. The molecule has 1 heterocycles. The Bertz CT molecular complexity index is 612. The van der Waals surface area contributed by atoms with E-state index < -0.39 is 0 Å². The Morgan fingerprint density at radius 1 is 1.43 bits per heavy atom. The normalized spacial score (nSPS) is 12.4. The smallest absolute Gasteiger partial charge is 0.123 e. The summed E-state index contributed by atoms with van der Waals surface area (Å²) in [5, 5.41) is 5.12. The number of nitrogens with two attached hydrogens (primary N) is 1. The van der Waals surface area contributed by atoms with E-state index in [2.05, 4.69) is 23.5 Å². The van der Waals surface area contributed by atoms with Gasteiger partial charge in [-0.05, 0) is 30.7 Å². The van der Waals surface area contributed by atoms with Gasteiger partial charge in [0.15, 0.2) is 0 Å². The fourth-order valence-electron chi connectivity index (χ4n) is 2.38. The second kappa shape index (κ2) is 6.93. The molecular weight excluding hydrogens is 288 g/mol. The molecule has 6 heteroatoms. The zero-order valence-corrected chi connectivity index (χ0v) is 13.3. The quantitative estimate of drug-likeness (QED) is 0.635. The number of aromatic nitrogens is 2. The van der Waals surface area contributed by atoms with E-state index >= 15 is 0 Å². The van der Waals surface area contributed by atoms with Crippen LogP contribution in [0.5, 0.6) is 5.75 Å². The van der Waals surface area contributed by atoms with Crippen LogP contribution in [0.2, 0.25) is 5.02 Å². The van der Waals surface area contributed by atoms with Crippen LogP contribution in [-0.2, 0) is 19.9 Å². The molecule has 2 aromatic rings. The van der Waals surface area contributed by atoms with Gasteiger partial charge in [-0.2, -0.15) is 5.10 Å². The molecule has 0 spiro atoms. The zero-order valence-electron chi connectivity index (χ0n) is 12.6. The Morgan fingerprint density at radius 3 is 2.76 bits per heavy atom. The average molecular weight is 309 g/mol. The second-order valence-electron chi connectivity index (χ2n) is 4.91. The first-order valence-electron chi connectivity index (χ1n) is 6.90. The van der Waals surface area contributed by atoms with Crippen LogP contribution in [0, 0.1) is 0 Å². The minimum absolute atomic E-state index is 0.0984. The molecule has 1 aromatic heterocycles. The molecule has 2 rings (SSSR count). The minimum Gasteiger partial charge on any atom is -0.496 e. The minimum atomic E-state index is -0.0984. The lowest BCUT2D eigenvalue weighted by Crippen LogP contribution is -2.30. The van der Waals surface area contributed by atoms with Crippen molar-refractivity contribution < 1.29 is 4.74 Å². The molecule has 114 valence electrons. The molecule has 3 N–H and O–H groups in total.